The Hall–Kier alpha value is -2.30. The number of aromatic nitrogens is 1. The van der Waals surface area contributed by atoms with E-state index in [0.29, 0.717) is 17.6 Å². The van der Waals surface area contributed by atoms with Gasteiger partial charge in [-0.1, -0.05) is 40.0 Å². The zero-order valence-electron chi connectivity index (χ0n) is 19.7. The molecule has 2 aromatic rings. The molecule has 0 N–H and O–H groups in total. The molecule has 0 atom stereocenters. The van der Waals surface area contributed by atoms with E-state index in [1.807, 2.05) is 29.2 Å². The van der Waals surface area contributed by atoms with Crippen LogP contribution in [0.1, 0.15) is 77.2 Å². The number of hydrogen-bond donors (Lipinski definition) is 0. The number of fused-ring (bicyclic) bond motifs is 1. The van der Waals surface area contributed by atoms with E-state index in [1.165, 1.54) is 12.8 Å². The lowest BCUT2D eigenvalue weighted by Crippen LogP contribution is -2.39. The summed E-state index contributed by atoms with van der Waals surface area (Å²) >= 11 is 0. The molecule has 5 nitrogen and oxygen atoms in total. The summed E-state index contributed by atoms with van der Waals surface area (Å²) in [5, 5.41) is 0.998. The van der Waals surface area contributed by atoms with Crippen molar-refractivity contribution in [3.8, 4) is 5.75 Å². The summed E-state index contributed by atoms with van der Waals surface area (Å²) < 4.78 is 7.10. The van der Waals surface area contributed by atoms with Gasteiger partial charge in [0, 0.05) is 24.7 Å². The Balaban J connectivity index is 2.00. The van der Waals surface area contributed by atoms with Crippen molar-refractivity contribution in [3.63, 3.8) is 0 Å². The van der Waals surface area contributed by atoms with Crippen LogP contribution in [0.25, 0.3) is 10.9 Å². The van der Waals surface area contributed by atoms with Crippen LogP contribution in [-0.2, 0) is 11.3 Å². The van der Waals surface area contributed by atoms with E-state index in [0.717, 1.165) is 61.7 Å². The van der Waals surface area contributed by atoms with Crippen molar-refractivity contribution < 1.29 is 9.53 Å². The minimum Gasteiger partial charge on any atom is -0.497 e. The van der Waals surface area contributed by atoms with Gasteiger partial charge in [0.15, 0.2) is 0 Å². The zero-order valence-corrected chi connectivity index (χ0v) is 19.7. The van der Waals surface area contributed by atoms with Crippen LogP contribution in [0.2, 0.25) is 0 Å². The maximum absolute atomic E-state index is 13.6. The molecular weight excluding hydrogens is 388 g/mol. The van der Waals surface area contributed by atoms with Crippen molar-refractivity contribution in [2.24, 2.45) is 5.92 Å². The van der Waals surface area contributed by atoms with Gasteiger partial charge in [-0.05, 0) is 61.1 Å². The predicted molar refractivity (Wildman–Crippen MR) is 127 cm³/mol. The third kappa shape index (κ3) is 5.69. The van der Waals surface area contributed by atoms with Crippen molar-refractivity contribution in [2.75, 3.05) is 20.2 Å². The summed E-state index contributed by atoms with van der Waals surface area (Å²) in [4.78, 5) is 28.9. The first kappa shape index (κ1) is 23.4. The molecule has 31 heavy (non-hydrogen) atoms. The summed E-state index contributed by atoms with van der Waals surface area (Å²) in [6.45, 7) is 8.08. The van der Waals surface area contributed by atoms with Gasteiger partial charge >= 0.3 is 0 Å². The molecule has 0 unspecified atom stereocenters. The van der Waals surface area contributed by atoms with Crippen molar-refractivity contribution in [1.82, 2.24) is 9.47 Å². The number of amides is 1. The van der Waals surface area contributed by atoms with E-state index >= 15 is 0 Å². The van der Waals surface area contributed by atoms with Crippen LogP contribution >= 0.6 is 0 Å². The van der Waals surface area contributed by atoms with Crippen LogP contribution in [0.4, 0.5) is 0 Å². The fourth-order valence-electron chi connectivity index (χ4n) is 4.55. The van der Waals surface area contributed by atoms with Gasteiger partial charge in [-0.3, -0.25) is 14.2 Å². The van der Waals surface area contributed by atoms with Crippen molar-refractivity contribution in [3.05, 3.63) is 40.2 Å². The van der Waals surface area contributed by atoms with E-state index in [-0.39, 0.29) is 18.0 Å². The van der Waals surface area contributed by atoms with Crippen LogP contribution in [0.15, 0.2) is 29.1 Å². The highest BCUT2D eigenvalue weighted by Crippen LogP contribution is 2.34. The number of benzene rings is 1. The number of carbonyl (C=O) groups is 1. The SMILES string of the molecule is CCCCN(CCC(C)C)C(=O)Cn1c(=O)c(C2CCCC2)cc2ccc(OC)cc21. The summed E-state index contributed by atoms with van der Waals surface area (Å²) in [6, 6.07) is 7.85. The van der Waals surface area contributed by atoms with Gasteiger partial charge in [-0.25, -0.2) is 0 Å². The monoisotopic (exact) mass is 426 g/mol. The smallest absolute Gasteiger partial charge is 0.255 e. The molecule has 1 aromatic heterocycles. The van der Waals surface area contributed by atoms with E-state index in [4.69, 9.17) is 4.74 Å². The van der Waals surface area contributed by atoms with Gasteiger partial charge in [0.05, 0.1) is 12.6 Å². The third-order valence-corrected chi connectivity index (χ3v) is 6.53. The number of rotatable bonds is 10. The molecule has 0 saturated heterocycles. The maximum atomic E-state index is 13.6. The van der Waals surface area contributed by atoms with Gasteiger partial charge in [0.25, 0.3) is 5.56 Å². The van der Waals surface area contributed by atoms with Crippen LogP contribution in [-0.4, -0.2) is 35.6 Å². The van der Waals surface area contributed by atoms with Gasteiger partial charge < -0.3 is 9.64 Å². The van der Waals surface area contributed by atoms with E-state index in [1.54, 1.807) is 11.7 Å². The van der Waals surface area contributed by atoms with Crippen LogP contribution in [0.3, 0.4) is 0 Å². The second kappa shape index (κ2) is 10.8. The zero-order chi connectivity index (χ0) is 22.4. The molecule has 0 aliphatic heterocycles. The molecular formula is C26H38N2O3. The number of unbranched alkanes of at least 4 members (excludes halogenated alkanes) is 1. The molecule has 170 valence electrons. The first-order valence-corrected chi connectivity index (χ1v) is 11.9. The summed E-state index contributed by atoms with van der Waals surface area (Å²) in [5.74, 6) is 1.57. The molecule has 3 rings (SSSR count). The maximum Gasteiger partial charge on any atom is 0.255 e. The van der Waals surface area contributed by atoms with Crippen molar-refractivity contribution in [1.29, 1.82) is 0 Å². The summed E-state index contributed by atoms with van der Waals surface area (Å²) in [7, 11) is 1.63. The number of ether oxygens (including phenoxy) is 1. The topological polar surface area (TPSA) is 51.5 Å². The highest BCUT2D eigenvalue weighted by atomic mass is 16.5. The molecule has 5 heteroatoms. The number of carbonyl (C=O) groups excluding carboxylic acids is 1. The normalized spacial score (nSPS) is 14.5. The lowest BCUT2D eigenvalue weighted by atomic mass is 9.97. The molecule has 1 aliphatic rings. The van der Waals surface area contributed by atoms with E-state index in [2.05, 4.69) is 20.8 Å². The number of hydrogen-bond acceptors (Lipinski definition) is 3. The van der Waals surface area contributed by atoms with Gasteiger partial charge in [0.2, 0.25) is 5.91 Å². The molecule has 0 bridgehead atoms. The second-order valence-electron chi connectivity index (χ2n) is 9.31. The standard InChI is InChI=1S/C26H38N2O3/c1-5-6-14-27(15-13-19(2)3)25(29)18-28-24-17-22(31-4)12-11-21(24)16-23(26(28)30)20-9-7-8-10-20/h11-12,16-17,19-20H,5-10,13-15,18H2,1-4H3. The van der Waals surface area contributed by atoms with Crippen LogP contribution in [0.5, 0.6) is 5.75 Å². The van der Waals surface area contributed by atoms with Gasteiger partial charge in [-0.15, -0.1) is 0 Å². The van der Waals surface area contributed by atoms with Crippen LogP contribution in [0, 0.1) is 5.92 Å². The molecule has 0 spiro atoms. The minimum absolute atomic E-state index is 0.0136. The highest BCUT2D eigenvalue weighted by Gasteiger charge is 2.24. The highest BCUT2D eigenvalue weighted by molar-refractivity contribution is 5.84. The Kier molecular flexibility index (Phi) is 8.16. The van der Waals surface area contributed by atoms with Crippen molar-refractivity contribution in [2.45, 2.75) is 78.2 Å². The molecule has 1 saturated carbocycles. The molecule has 1 aromatic carbocycles. The Bertz CT molecular complexity index is 942. The Morgan fingerprint density at radius 2 is 1.94 bits per heavy atom. The van der Waals surface area contributed by atoms with Gasteiger partial charge in [0.1, 0.15) is 12.3 Å². The summed E-state index contributed by atoms with van der Waals surface area (Å²) in [5.41, 5.74) is 1.63. The number of methoxy groups -OCH3 is 1. The molecule has 1 aliphatic carbocycles. The Morgan fingerprint density at radius 1 is 1.19 bits per heavy atom. The van der Waals surface area contributed by atoms with Crippen LogP contribution < -0.4 is 10.3 Å². The third-order valence-electron chi connectivity index (χ3n) is 6.53. The molecule has 1 amide bonds. The van der Waals surface area contributed by atoms with Crippen molar-refractivity contribution >= 4 is 16.8 Å². The first-order chi connectivity index (χ1) is 14.9. The Morgan fingerprint density at radius 3 is 2.58 bits per heavy atom. The van der Waals surface area contributed by atoms with E-state index in [9.17, 15) is 9.59 Å². The fraction of sp³-hybridized carbons (Fsp3) is 0.615. The number of nitrogens with zero attached hydrogens (tertiary/aromatic N) is 2. The first-order valence-electron chi connectivity index (χ1n) is 11.9. The second-order valence-corrected chi connectivity index (χ2v) is 9.31. The predicted octanol–water partition coefficient (Wildman–Crippen LogP) is 5.34. The molecule has 1 heterocycles. The van der Waals surface area contributed by atoms with Gasteiger partial charge in [-0.2, -0.15) is 0 Å². The Labute approximate surface area is 186 Å². The lowest BCUT2D eigenvalue weighted by Gasteiger charge is -2.25. The molecule has 0 radical (unpaired) electrons. The average Bonchev–Trinajstić information content (AvgIpc) is 3.29. The van der Waals surface area contributed by atoms with E-state index < -0.39 is 0 Å². The quantitative estimate of drug-likeness (QED) is 0.515. The minimum atomic E-state index is -0.0136. The molecule has 1 fully saturated rings. The number of pyridine rings is 1. The fourth-order valence-corrected chi connectivity index (χ4v) is 4.55. The lowest BCUT2D eigenvalue weighted by molar-refractivity contribution is -0.132. The largest absolute Gasteiger partial charge is 0.497 e. The summed E-state index contributed by atoms with van der Waals surface area (Å²) in [6.07, 6.45) is 7.45. The average molecular weight is 427 g/mol.